The highest BCUT2D eigenvalue weighted by atomic mass is 16.3. The van der Waals surface area contributed by atoms with Crippen molar-refractivity contribution in [2.75, 3.05) is 6.54 Å². The zero-order chi connectivity index (χ0) is 18.8. The molecule has 0 fully saturated rings. The molecule has 0 spiro atoms. The first-order valence-electron chi connectivity index (χ1n) is 11.1. The largest absolute Gasteiger partial charge is 0.382 e. The summed E-state index contributed by atoms with van der Waals surface area (Å²) < 4.78 is 0. The number of hydrogen-bond donors (Lipinski definition) is 2. The lowest BCUT2D eigenvalue weighted by molar-refractivity contribution is -0.138. The highest BCUT2D eigenvalue weighted by Gasteiger charge is 2.32. The van der Waals surface area contributed by atoms with E-state index in [9.17, 15) is 9.90 Å². The average Bonchev–Trinajstić information content (AvgIpc) is 2.59. The number of carbonyl (C=O) groups is 1. The fraction of sp³-hybridized carbons (Fsp3) is 0.955. The van der Waals surface area contributed by atoms with Crippen molar-refractivity contribution < 1.29 is 9.90 Å². The Balaban J connectivity index is 3.49. The number of hydrogen-bond acceptors (Lipinski definition) is 3. The van der Waals surface area contributed by atoms with Gasteiger partial charge < -0.3 is 10.8 Å². The Labute approximate surface area is 157 Å². The van der Waals surface area contributed by atoms with Crippen LogP contribution in [-0.4, -0.2) is 23.0 Å². The summed E-state index contributed by atoms with van der Waals surface area (Å²) in [7, 11) is 0. The van der Waals surface area contributed by atoms with Gasteiger partial charge in [-0.3, -0.25) is 4.79 Å². The SMILES string of the molecule is CCCCCCCCCCCCCCCC(=O)C(O)(CCC)CCN. The summed E-state index contributed by atoms with van der Waals surface area (Å²) in [6, 6.07) is 0. The third-order valence-electron chi connectivity index (χ3n) is 5.25. The Bertz CT molecular complexity index is 298. The Morgan fingerprint density at radius 3 is 1.56 bits per heavy atom. The maximum Gasteiger partial charge on any atom is 0.164 e. The molecule has 3 nitrogen and oxygen atoms in total. The normalized spacial score (nSPS) is 13.8. The van der Waals surface area contributed by atoms with Gasteiger partial charge >= 0.3 is 0 Å². The molecule has 0 aliphatic rings. The molecular weight excluding hydrogens is 310 g/mol. The summed E-state index contributed by atoms with van der Waals surface area (Å²) in [4.78, 5) is 12.2. The van der Waals surface area contributed by atoms with E-state index in [0.717, 1.165) is 19.3 Å². The molecular formula is C22H45NO2. The van der Waals surface area contributed by atoms with Crippen molar-refractivity contribution in [3.8, 4) is 0 Å². The van der Waals surface area contributed by atoms with Crippen LogP contribution < -0.4 is 5.73 Å². The van der Waals surface area contributed by atoms with Gasteiger partial charge in [0.2, 0.25) is 0 Å². The van der Waals surface area contributed by atoms with E-state index in [4.69, 9.17) is 5.73 Å². The zero-order valence-corrected chi connectivity index (χ0v) is 17.2. The van der Waals surface area contributed by atoms with Crippen LogP contribution in [0.5, 0.6) is 0 Å². The molecule has 25 heavy (non-hydrogen) atoms. The lowest BCUT2D eigenvalue weighted by Crippen LogP contribution is -2.40. The zero-order valence-electron chi connectivity index (χ0n) is 17.2. The van der Waals surface area contributed by atoms with E-state index in [0.29, 0.717) is 25.8 Å². The minimum atomic E-state index is -1.17. The van der Waals surface area contributed by atoms with Gasteiger partial charge in [-0.25, -0.2) is 0 Å². The Morgan fingerprint density at radius 1 is 0.720 bits per heavy atom. The van der Waals surface area contributed by atoms with Gasteiger partial charge in [-0.05, 0) is 25.8 Å². The third-order valence-corrected chi connectivity index (χ3v) is 5.25. The van der Waals surface area contributed by atoms with Crippen LogP contribution in [0.2, 0.25) is 0 Å². The molecule has 0 aromatic carbocycles. The fourth-order valence-electron chi connectivity index (χ4n) is 3.59. The molecule has 0 saturated carbocycles. The topological polar surface area (TPSA) is 63.3 Å². The maximum atomic E-state index is 12.2. The molecule has 1 unspecified atom stereocenters. The van der Waals surface area contributed by atoms with Gasteiger partial charge in [0.15, 0.2) is 5.78 Å². The summed E-state index contributed by atoms with van der Waals surface area (Å²) >= 11 is 0. The van der Waals surface area contributed by atoms with Crippen molar-refractivity contribution in [3.63, 3.8) is 0 Å². The molecule has 0 aliphatic carbocycles. The summed E-state index contributed by atoms with van der Waals surface area (Å²) in [5.41, 5.74) is 4.38. The van der Waals surface area contributed by atoms with E-state index < -0.39 is 5.60 Å². The van der Waals surface area contributed by atoms with Gasteiger partial charge in [-0.2, -0.15) is 0 Å². The molecule has 0 radical (unpaired) electrons. The predicted octanol–water partition coefficient (Wildman–Crippen LogP) is 5.92. The molecule has 3 N–H and O–H groups in total. The monoisotopic (exact) mass is 355 g/mol. The van der Waals surface area contributed by atoms with Gasteiger partial charge in [-0.1, -0.05) is 97.3 Å². The second-order valence-corrected chi connectivity index (χ2v) is 7.74. The lowest BCUT2D eigenvalue weighted by Gasteiger charge is -2.25. The van der Waals surface area contributed by atoms with E-state index in [1.165, 1.54) is 70.6 Å². The molecule has 0 aliphatic heterocycles. The van der Waals surface area contributed by atoms with E-state index in [1.54, 1.807) is 0 Å². The van der Waals surface area contributed by atoms with Gasteiger partial charge in [0.05, 0.1) is 0 Å². The second kappa shape index (κ2) is 17.0. The van der Waals surface area contributed by atoms with Gasteiger partial charge in [0.1, 0.15) is 5.60 Å². The van der Waals surface area contributed by atoms with Crippen molar-refractivity contribution >= 4 is 5.78 Å². The highest BCUT2D eigenvalue weighted by Crippen LogP contribution is 2.21. The lowest BCUT2D eigenvalue weighted by atomic mass is 9.87. The molecule has 0 aromatic heterocycles. The molecule has 0 aromatic rings. The van der Waals surface area contributed by atoms with Crippen LogP contribution in [-0.2, 0) is 4.79 Å². The number of Topliss-reactive ketones (excluding diaryl/α,β-unsaturated/α-hetero) is 1. The quantitative estimate of drug-likeness (QED) is 0.283. The van der Waals surface area contributed by atoms with Crippen LogP contribution in [0.4, 0.5) is 0 Å². The molecule has 0 amide bonds. The van der Waals surface area contributed by atoms with Gasteiger partial charge in [-0.15, -0.1) is 0 Å². The van der Waals surface area contributed by atoms with E-state index in [1.807, 2.05) is 6.92 Å². The van der Waals surface area contributed by atoms with Crippen LogP contribution >= 0.6 is 0 Å². The van der Waals surface area contributed by atoms with Gasteiger partial charge in [0.25, 0.3) is 0 Å². The number of rotatable bonds is 19. The summed E-state index contributed by atoms with van der Waals surface area (Å²) in [5.74, 6) is 0.00266. The standard InChI is InChI=1S/C22H45NO2/c1-3-5-6-7-8-9-10-11-12-13-14-15-16-17-21(24)22(25,18-4-2)19-20-23/h25H,3-20,23H2,1-2H3. The summed E-state index contributed by atoms with van der Waals surface area (Å²) in [6.07, 6.45) is 19.2. The highest BCUT2D eigenvalue weighted by molar-refractivity contribution is 5.86. The van der Waals surface area contributed by atoms with Crippen LogP contribution in [0.1, 0.15) is 123 Å². The summed E-state index contributed by atoms with van der Waals surface area (Å²) in [6.45, 7) is 4.64. The molecule has 1 atom stereocenters. The van der Waals surface area contributed by atoms with Crippen LogP contribution in [0, 0.1) is 0 Å². The van der Waals surface area contributed by atoms with Crippen LogP contribution in [0.3, 0.4) is 0 Å². The minimum absolute atomic E-state index is 0.00266. The van der Waals surface area contributed by atoms with Crippen LogP contribution in [0.25, 0.3) is 0 Å². The Morgan fingerprint density at radius 2 is 1.16 bits per heavy atom. The Hall–Kier alpha value is -0.410. The van der Waals surface area contributed by atoms with Crippen molar-refractivity contribution in [1.82, 2.24) is 0 Å². The van der Waals surface area contributed by atoms with E-state index in [2.05, 4.69) is 6.92 Å². The molecule has 0 heterocycles. The predicted molar refractivity (Wildman–Crippen MR) is 109 cm³/mol. The fourth-order valence-corrected chi connectivity index (χ4v) is 3.59. The second-order valence-electron chi connectivity index (χ2n) is 7.74. The molecule has 0 rings (SSSR count). The van der Waals surface area contributed by atoms with Crippen LogP contribution in [0.15, 0.2) is 0 Å². The molecule has 150 valence electrons. The first-order chi connectivity index (χ1) is 12.1. The molecule has 0 saturated heterocycles. The minimum Gasteiger partial charge on any atom is -0.382 e. The maximum absolute atomic E-state index is 12.2. The smallest absolute Gasteiger partial charge is 0.164 e. The van der Waals surface area contributed by atoms with Crippen molar-refractivity contribution in [2.45, 2.75) is 129 Å². The number of aliphatic hydroxyl groups is 1. The van der Waals surface area contributed by atoms with Gasteiger partial charge in [0, 0.05) is 6.42 Å². The van der Waals surface area contributed by atoms with Crippen molar-refractivity contribution in [3.05, 3.63) is 0 Å². The van der Waals surface area contributed by atoms with E-state index in [-0.39, 0.29) is 5.78 Å². The van der Waals surface area contributed by atoms with E-state index >= 15 is 0 Å². The van der Waals surface area contributed by atoms with Crippen molar-refractivity contribution in [2.24, 2.45) is 5.73 Å². The average molecular weight is 356 g/mol. The molecule has 0 bridgehead atoms. The number of unbranched alkanes of at least 4 members (excludes halogenated alkanes) is 12. The number of carbonyl (C=O) groups excluding carboxylic acids is 1. The molecule has 3 heteroatoms. The Kier molecular flexibility index (Phi) is 16.7. The first kappa shape index (κ1) is 24.6. The summed E-state index contributed by atoms with van der Waals surface area (Å²) in [5, 5.41) is 10.4. The number of ketones is 1. The third kappa shape index (κ3) is 13.5. The first-order valence-corrected chi connectivity index (χ1v) is 11.1. The number of nitrogens with two attached hydrogens (primary N) is 1. The van der Waals surface area contributed by atoms with Crippen molar-refractivity contribution in [1.29, 1.82) is 0 Å².